The number of esters is 1. The third-order valence-corrected chi connectivity index (χ3v) is 2.21. The van der Waals surface area contributed by atoms with E-state index in [1.807, 2.05) is 6.92 Å². The number of carbonyl (C=O) groups excluding carboxylic acids is 1. The highest BCUT2D eigenvalue weighted by Crippen LogP contribution is 2.28. The van der Waals surface area contributed by atoms with Gasteiger partial charge < -0.3 is 9.47 Å². The second-order valence-electron chi connectivity index (χ2n) is 2.87. The molecule has 0 N–H and O–H groups in total. The first-order valence-corrected chi connectivity index (χ1v) is 3.77. The SMILES string of the molecule is CC1=C2CCOCC2OC1=O. The van der Waals surface area contributed by atoms with Crippen molar-refractivity contribution in [1.82, 2.24) is 0 Å². The first-order chi connectivity index (χ1) is 5.29. The smallest absolute Gasteiger partial charge is 0.334 e. The summed E-state index contributed by atoms with van der Waals surface area (Å²) in [7, 11) is 0. The van der Waals surface area contributed by atoms with Gasteiger partial charge in [0.15, 0.2) is 0 Å². The van der Waals surface area contributed by atoms with Crippen LogP contribution in [0.4, 0.5) is 0 Å². The highest BCUT2D eigenvalue weighted by Gasteiger charge is 2.33. The van der Waals surface area contributed by atoms with E-state index >= 15 is 0 Å². The van der Waals surface area contributed by atoms with Crippen molar-refractivity contribution in [2.75, 3.05) is 13.2 Å². The van der Waals surface area contributed by atoms with E-state index in [1.165, 1.54) is 0 Å². The van der Waals surface area contributed by atoms with Crippen molar-refractivity contribution in [2.45, 2.75) is 19.4 Å². The summed E-state index contributed by atoms with van der Waals surface area (Å²) in [6.07, 6.45) is 0.777. The zero-order chi connectivity index (χ0) is 7.84. The lowest BCUT2D eigenvalue weighted by molar-refractivity contribution is -0.142. The fourth-order valence-electron chi connectivity index (χ4n) is 1.52. The molecule has 0 aromatic heterocycles. The van der Waals surface area contributed by atoms with Crippen molar-refractivity contribution in [3.05, 3.63) is 11.1 Å². The van der Waals surface area contributed by atoms with Crippen LogP contribution in [0.1, 0.15) is 13.3 Å². The average molecular weight is 154 g/mol. The van der Waals surface area contributed by atoms with Crippen molar-refractivity contribution in [1.29, 1.82) is 0 Å². The molecule has 2 aliphatic heterocycles. The second kappa shape index (κ2) is 2.34. The fraction of sp³-hybridized carbons (Fsp3) is 0.625. The van der Waals surface area contributed by atoms with Crippen molar-refractivity contribution < 1.29 is 14.3 Å². The van der Waals surface area contributed by atoms with E-state index in [9.17, 15) is 4.79 Å². The quantitative estimate of drug-likeness (QED) is 0.480. The molecule has 0 bridgehead atoms. The molecule has 3 nitrogen and oxygen atoms in total. The van der Waals surface area contributed by atoms with Crippen molar-refractivity contribution in [2.24, 2.45) is 0 Å². The molecule has 2 rings (SSSR count). The second-order valence-corrected chi connectivity index (χ2v) is 2.87. The molecule has 0 aromatic carbocycles. The van der Waals surface area contributed by atoms with Crippen LogP contribution >= 0.6 is 0 Å². The summed E-state index contributed by atoms with van der Waals surface area (Å²) >= 11 is 0. The molecule has 1 saturated heterocycles. The molecule has 0 saturated carbocycles. The number of hydrogen-bond donors (Lipinski definition) is 0. The maximum absolute atomic E-state index is 11.0. The summed E-state index contributed by atoms with van der Waals surface area (Å²) in [6, 6.07) is 0. The van der Waals surface area contributed by atoms with E-state index in [0.717, 1.165) is 24.2 Å². The van der Waals surface area contributed by atoms with Gasteiger partial charge in [0.1, 0.15) is 6.10 Å². The lowest BCUT2D eigenvalue weighted by atomic mass is 10.0. The van der Waals surface area contributed by atoms with Crippen LogP contribution in [0.5, 0.6) is 0 Å². The first-order valence-electron chi connectivity index (χ1n) is 3.77. The van der Waals surface area contributed by atoms with Gasteiger partial charge in [-0.05, 0) is 18.9 Å². The van der Waals surface area contributed by atoms with Crippen LogP contribution in [0.2, 0.25) is 0 Å². The molecule has 60 valence electrons. The van der Waals surface area contributed by atoms with Gasteiger partial charge in [-0.3, -0.25) is 0 Å². The van der Waals surface area contributed by atoms with Crippen molar-refractivity contribution in [3.8, 4) is 0 Å². The number of carbonyl (C=O) groups is 1. The molecule has 0 amide bonds. The molecule has 2 aliphatic rings. The van der Waals surface area contributed by atoms with E-state index in [4.69, 9.17) is 9.47 Å². The Morgan fingerprint density at radius 2 is 2.36 bits per heavy atom. The van der Waals surface area contributed by atoms with Crippen LogP contribution in [0.25, 0.3) is 0 Å². The summed E-state index contributed by atoms with van der Waals surface area (Å²) < 4.78 is 10.2. The lowest BCUT2D eigenvalue weighted by Gasteiger charge is -2.19. The number of ether oxygens (including phenoxy) is 2. The molecule has 0 aromatic rings. The Labute approximate surface area is 65.0 Å². The average Bonchev–Trinajstić information content (AvgIpc) is 2.30. The third-order valence-electron chi connectivity index (χ3n) is 2.21. The number of rotatable bonds is 0. The molecule has 3 heteroatoms. The lowest BCUT2D eigenvalue weighted by Crippen LogP contribution is -2.24. The Balaban J connectivity index is 2.28. The van der Waals surface area contributed by atoms with E-state index in [0.29, 0.717) is 6.61 Å². The van der Waals surface area contributed by atoms with Gasteiger partial charge in [-0.2, -0.15) is 0 Å². The zero-order valence-corrected chi connectivity index (χ0v) is 6.42. The molecular formula is C8H10O3. The minimum Gasteiger partial charge on any atom is -0.452 e. The minimum atomic E-state index is -0.171. The maximum atomic E-state index is 11.0. The zero-order valence-electron chi connectivity index (χ0n) is 6.42. The fourth-order valence-corrected chi connectivity index (χ4v) is 1.52. The summed E-state index contributed by atoms with van der Waals surface area (Å²) in [5.74, 6) is -0.171. The topological polar surface area (TPSA) is 35.5 Å². The van der Waals surface area contributed by atoms with E-state index < -0.39 is 0 Å². The van der Waals surface area contributed by atoms with Crippen molar-refractivity contribution >= 4 is 5.97 Å². The van der Waals surface area contributed by atoms with Gasteiger partial charge in [0.05, 0.1) is 13.2 Å². The Kier molecular flexibility index (Phi) is 1.46. The third kappa shape index (κ3) is 0.959. The van der Waals surface area contributed by atoms with Crippen LogP contribution in [-0.4, -0.2) is 25.3 Å². The molecule has 0 spiro atoms. The molecule has 1 fully saturated rings. The Morgan fingerprint density at radius 1 is 1.55 bits per heavy atom. The van der Waals surface area contributed by atoms with Crippen LogP contribution < -0.4 is 0 Å². The monoisotopic (exact) mass is 154 g/mol. The number of hydrogen-bond acceptors (Lipinski definition) is 3. The molecule has 1 atom stereocenters. The molecule has 0 radical (unpaired) electrons. The van der Waals surface area contributed by atoms with Crippen LogP contribution in [0.3, 0.4) is 0 Å². The summed E-state index contributed by atoms with van der Waals surface area (Å²) in [6.45, 7) is 3.08. The Bertz CT molecular complexity index is 229. The first kappa shape index (κ1) is 6.85. The van der Waals surface area contributed by atoms with Gasteiger partial charge in [-0.1, -0.05) is 0 Å². The van der Waals surface area contributed by atoms with Crippen LogP contribution in [-0.2, 0) is 14.3 Å². The summed E-state index contributed by atoms with van der Waals surface area (Å²) in [5.41, 5.74) is 1.93. The molecule has 0 aliphatic carbocycles. The van der Waals surface area contributed by atoms with Gasteiger partial charge >= 0.3 is 5.97 Å². The predicted octanol–water partition coefficient (Wildman–Crippen LogP) is 0.649. The van der Waals surface area contributed by atoms with Gasteiger partial charge in [0.2, 0.25) is 0 Å². The number of fused-ring (bicyclic) bond motifs is 1. The van der Waals surface area contributed by atoms with Gasteiger partial charge in [-0.15, -0.1) is 0 Å². The maximum Gasteiger partial charge on any atom is 0.334 e. The van der Waals surface area contributed by atoms with Crippen LogP contribution in [0.15, 0.2) is 11.1 Å². The van der Waals surface area contributed by atoms with Gasteiger partial charge in [-0.25, -0.2) is 4.79 Å². The Morgan fingerprint density at radius 3 is 3.09 bits per heavy atom. The van der Waals surface area contributed by atoms with E-state index in [2.05, 4.69) is 0 Å². The molecule has 2 heterocycles. The predicted molar refractivity (Wildman–Crippen MR) is 38.0 cm³/mol. The van der Waals surface area contributed by atoms with E-state index in [1.54, 1.807) is 0 Å². The van der Waals surface area contributed by atoms with Crippen LogP contribution in [0, 0.1) is 0 Å². The highest BCUT2D eigenvalue weighted by molar-refractivity contribution is 5.91. The highest BCUT2D eigenvalue weighted by atomic mass is 16.6. The minimum absolute atomic E-state index is 0.0729. The van der Waals surface area contributed by atoms with Crippen molar-refractivity contribution in [3.63, 3.8) is 0 Å². The molecule has 11 heavy (non-hydrogen) atoms. The van der Waals surface area contributed by atoms with Gasteiger partial charge in [0, 0.05) is 5.57 Å². The summed E-state index contributed by atoms with van der Waals surface area (Å²) in [4.78, 5) is 11.0. The largest absolute Gasteiger partial charge is 0.452 e. The molecular weight excluding hydrogens is 144 g/mol. The molecule has 1 unspecified atom stereocenters. The van der Waals surface area contributed by atoms with E-state index in [-0.39, 0.29) is 12.1 Å². The normalized spacial score (nSPS) is 30.3. The Hall–Kier alpha value is -0.830. The van der Waals surface area contributed by atoms with Gasteiger partial charge in [0.25, 0.3) is 0 Å². The standard InChI is InChI=1S/C8H10O3/c1-5-6-2-3-10-4-7(6)11-8(5)9/h7H,2-4H2,1H3. The summed E-state index contributed by atoms with van der Waals surface area (Å²) in [5, 5.41) is 0.